The third-order valence-electron chi connectivity index (χ3n) is 4.36. The van der Waals surface area contributed by atoms with Crippen molar-refractivity contribution in [1.82, 2.24) is 13.9 Å². The second-order valence-electron chi connectivity index (χ2n) is 6.35. The number of amides is 1. The minimum absolute atomic E-state index is 0.0764. The molecule has 0 radical (unpaired) electrons. The monoisotopic (exact) mass is 451 g/mol. The third kappa shape index (κ3) is 3.70. The number of halogens is 1. The SMILES string of the molecule is Cc1ccc(CC(=O)NS(=O)(=O)c2ccc3c(c2)n(C)c(=O)n3C)c(Br)c1. The van der Waals surface area contributed by atoms with E-state index < -0.39 is 15.9 Å². The van der Waals surface area contributed by atoms with E-state index in [1.54, 1.807) is 26.2 Å². The molecule has 27 heavy (non-hydrogen) atoms. The summed E-state index contributed by atoms with van der Waals surface area (Å²) in [5.41, 5.74) is 2.54. The summed E-state index contributed by atoms with van der Waals surface area (Å²) >= 11 is 3.38. The number of benzene rings is 2. The van der Waals surface area contributed by atoms with Crippen LogP contribution in [0.1, 0.15) is 11.1 Å². The molecule has 7 nitrogen and oxygen atoms in total. The second-order valence-corrected chi connectivity index (χ2v) is 8.89. The number of nitrogens with zero attached hydrogens (tertiary/aromatic N) is 2. The summed E-state index contributed by atoms with van der Waals surface area (Å²) < 4.78 is 30.8. The molecule has 0 saturated heterocycles. The fourth-order valence-electron chi connectivity index (χ4n) is 2.87. The number of imidazole rings is 1. The topological polar surface area (TPSA) is 90.2 Å². The van der Waals surface area contributed by atoms with Crippen molar-refractivity contribution in [2.45, 2.75) is 18.2 Å². The van der Waals surface area contributed by atoms with Gasteiger partial charge in [-0.15, -0.1) is 0 Å². The Morgan fingerprint density at radius 3 is 2.41 bits per heavy atom. The van der Waals surface area contributed by atoms with Crippen LogP contribution < -0.4 is 10.4 Å². The largest absolute Gasteiger partial charge is 0.328 e. The minimum atomic E-state index is -4.05. The standard InChI is InChI=1S/C18H18BrN3O4S/c1-11-4-5-12(14(19)8-11)9-17(23)20-27(25,26)13-6-7-15-16(10-13)22(3)18(24)21(15)2/h4-8,10H,9H2,1-3H3,(H,20,23). The highest BCUT2D eigenvalue weighted by Gasteiger charge is 2.20. The Kier molecular flexibility index (Phi) is 5.00. The Morgan fingerprint density at radius 2 is 1.74 bits per heavy atom. The van der Waals surface area contributed by atoms with Gasteiger partial charge in [0.25, 0.3) is 10.0 Å². The van der Waals surface area contributed by atoms with Gasteiger partial charge in [0.2, 0.25) is 5.91 Å². The van der Waals surface area contributed by atoms with Gasteiger partial charge in [-0.25, -0.2) is 17.9 Å². The van der Waals surface area contributed by atoms with Crippen LogP contribution in [0.3, 0.4) is 0 Å². The molecule has 0 spiro atoms. The summed E-state index contributed by atoms with van der Waals surface area (Å²) in [4.78, 5) is 24.2. The van der Waals surface area contributed by atoms with Crippen molar-refractivity contribution in [3.8, 4) is 0 Å². The second kappa shape index (κ2) is 6.97. The number of aryl methyl sites for hydroxylation is 3. The number of fused-ring (bicyclic) bond motifs is 1. The highest BCUT2D eigenvalue weighted by atomic mass is 79.9. The summed E-state index contributed by atoms with van der Waals surface area (Å²) in [5, 5.41) is 0. The van der Waals surface area contributed by atoms with E-state index in [0.29, 0.717) is 16.6 Å². The maximum absolute atomic E-state index is 12.6. The molecular formula is C18H18BrN3O4S. The van der Waals surface area contributed by atoms with Crippen molar-refractivity contribution in [2.24, 2.45) is 14.1 Å². The number of hydrogen-bond donors (Lipinski definition) is 1. The molecule has 9 heteroatoms. The summed E-state index contributed by atoms with van der Waals surface area (Å²) in [6.07, 6.45) is -0.0772. The molecule has 3 aromatic rings. The van der Waals surface area contributed by atoms with Crippen molar-refractivity contribution in [1.29, 1.82) is 0 Å². The molecule has 0 bridgehead atoms. The van der Waals surface area contributed by atoms with Crippen LogP contribution in [0.25, 0.3) is 11.0 Å². The van der Waals surface area contributed by atoms with Gasteiger partial charge in [-0.1, -0.05) is 28.1 Å². The molecule has 0 saturated carbocycles. The van der Waals surface area contributed by atoms with Crippen molar-refractivity contribution >= 4 is 42.9 Å². The molecule has 0 fully saturated rings. The van der Waals surface area contributed by atoms with Crippen molar-refractivity contribution < 1.29 is 13.2 Å². The van der Waals surface area contributed by atoms with Gasteiger partial charge in [0.05, 0.1) is 22.3 Å². The molecule has 1 heterocycles. The highest BCUT2D eigenvalue weighted by Crippen LogP contribution is 2.20. The summed E-state index contributed by atoms with van der Waals surface area (Å²) in [6.45, 7) is 1.92. The Bertz CT molecular complexity index is 1230. The van der Waals surface area contributed by atoms with E-state index in [0.717, 1.165) is 10.0 Å². The Morgan fingerprint density at radius 1 is 1.07 bits per heavy atom. The van der Waals surface area contributed by atoms with E-state index in [-0.39, 0.29) is 17.0 Å². The third-order valence-corrected chi connectivity index (χ3v) is 6.47. The van der Waals surface area contributed by atoms with Gasteiger partial charge < -0.3 is 0 Å². The Labute approximate surface area is 164 Å². The Balaban J connectivity index is 1.88. The zero-order valence-electron chi connectivity index (χ0n) is 15.0. The molecule has 3 rings (SSSR count). The molecule has 0 unspecified atom stereocenters. The molecule has 1 aromatic heterocycles. The van der Waals surface area contributed by atoms with E-state index in [4.69, 9.17) is 0 Å². The lowest BCUT2D eigenvalue weighted by atomic mass is 10.1. The lowest BCUT2D eigenvalue weighted by molar-refractivity contribution is -0.118. The molecule has 0 atom stereocenters. The fourth-order valence-corrected chi connectivity index (χ4v) is 4.50. The van der Waals surface area contributed by atoms with E-state index in [1.807, 2.05) is 19.1 Å². The van der Waals surface area contributed by atoms with E-state index in [2.05, 4.69) is 20.7 Å². The van der Waals surface area contributed by atoms with Gasteiger partial charge in [0.1, 0.15) is 0 Å². The first-order chi connectivity index (χ1) is 12.6. The minimum Gasteiger partial charge on any atom is -0.295 e. The van der Waals surface area contributed by atoms with Gasteiger partial charge in [0.15, 0.2) is 0 Å². The van der Waals surface area contributed by atoms with Crippen molar-refractivity contribution in [3.63, 3.8) is 0 Å². The highest BCUT2D eigenvalue weighted by molar-refractivity contribution is 9.10. The first-order valence-electron chi connectivity index (χ1n) is 8.06. The number of carbonyl (C=O) groups is 1. The quantitative estimate of drug-likeness (QED) is 0.656. The van der Waals surface area contributed by atoms with E-state index in [1.165, 1.54) is 21.3 Å². The van der Waals surface area contributed by atoms with Gasteiger partial charge in [0, 0.05) is 18.6 Å². The molecule has 0 aliphatic carbocycles. The normalized spacial score (nSPS) is 11.7. The average molecular weight is 452 g/mol. The molecular weight excluding hydrogens is 434 g/mol. The zero-order chi connectivity index (χ0) is 19.9. The number of carbonyl (C=O) groups excluding carboxylic acids is 1. The molecule has 1 amide bonds. The lowest BCUT2D eigenvalue weighted by Gasteiger charge is -2.09. The van der Waals surface area contributed by atoms with Crippen LogP contribution in [-0.4, -0.2) is 23.5 Å². The first-order valence-corrected chi connectivity index (χ1v) is 10.3. The number of rotatable bonds is 4. The molecule has 0 aliphatic rings. The molecule has 1 N–H and O–H groups in total. The Hall–Kier alpha value is -2.39. The number of nitrogens with one attached hydrogen (secondary N) is 1. The van der Waals surface area contributed by atoms with E-state index in [9.17, 15) is 18.0 Å². The van der Waals surface area contributed by atoms with Gasteiger partial charge in [-0.3, -0.25) is 13.9 Å². The van der Waals surface area contributed by atoms with Crippen LogP contribution in [0.4, 0.5) is 0 Å². The van der Waals surface area contributed by atoms with Crippen LogP contribution in [-0.2, 0) is 35.3 Å². The van der Waals surface area contributed by atoms with Crippen LogP contribution in [0.15, 0.2) is 50.6 Å². The van der Waals surface area contributed by atoms with Crippen LogP contribution >= 0.6 is 15.9 Å². The van der Waals surface area contributed by atoms with Gasteiger partial charge >= 0.3 is 5.69 Å². The predicted molar refractivity (Wildman–Crippen MR) is 106 cm³/mol. The summed E-state index contributed by atoms with van der Waals surface area (Å²) in [5.74, 6) is -0.637. The van der Waals surface area contributed by atoms with E-state index >= 15 is 0 Å². The van der Waals surface area contributed by atoms with Crippen molar-refractivity contribution in [2.75, 3.05) is 0 Å². The molecule has 2 aromatic carbocycles. The molecule has 0 aliphatic heterocycles. The van der Waals surface area contributed by atoms with Crippen LogP contribution in [0, 0.1) is 6.92 Å². The number of aromatic nitrogens is 2. The lowest BCUT2D eigenvalue weighted by Crippen LogP contribution is -2.31. The predicted octanol–water partition coefficient (Wildman–Crippen LogP) is 2.00. The van der Waals surface area contributed by atoms with Gasteiger partial charge in [-0.2, -0.15) is 0 Å². The van der Waals surface area contributed by atoms with Crippen LogP contribution in [0.2, 0.25) is 0 Å². The van der Waals surface area contributed by atoms with Gasteiger partial charge in [-0.05, 0) is 42.3 Å². The average Bonchev–Trinajstić information content (AvgIpc) is 2.81. The van der Waals surface area contributed by atoms with Crippen LogP contribution in [0.5, 0.6) is 0 Å². The smallest absolute Gasteiger partial charge is 0.295 e. The maximum Gasteiger partial charge on any atom is 0.328 e. The number of hydrogen-bond acceptors (Lipinski definition) is 4. The summed E-state index contributed by atoms with van der Waals surface area (Å²) in [6, 6.07) is 9.80. The summed E-state index contributed by atoms with van der Waals surface area (Å²) in [7, 11) is -0.877. The van der Waals surface area contributed by atoms with Crippen molar-refractivity contribution in [3.05, 3.63) is 62.5 Å². The number of sulfonamides is 1. The first kappa shape index (κ1) is 19.4. The fraction of sp³-hybridized carbons (Fsp3) is 0.222. The maximum atomic E-state index is 12.6. The zero-order valence-corrected chi connectivity index (χ0v) is 17.4. The molecule has 142 valence electrons.